The number of amides is 1. The van der Waals surface area contributed by atoms with E-state index >= 15 is 0 Å². The van der Waals surface area contributed by atoms with E-state index in [2.05, 4.69) is 66.3 Å². The molecule has 1 aromatic heterocycles. The van der Waals surface area contributed by atoms with Crippen molar-refractivity contribution in [2.75, 3.05) is 13.2 Å². The molecule has 0 spiro atoms. The number of benzene rings is 1. The quantitative estimate of drug-likeness (QED) is 0.676. The van der Waals surface area contributed by atoms with Gasteiger partial charge in [-0.3, -0.25) is 4.79 Å². The van der Waals surface area contributed by atoms with Gasteiger partial charge in [0, 0.05) is 18.6 Å². The Morgan fingerprint density at radius 1 is 1.26 bits per heavy atom. The van der Waals surface area contributed by atoms with Crippen LogP contribution < -0.4 is 5.32 Å². The predicted molar refractivity (Wildman–Crippen MR) is 110 cm³/mol. The fraction of sp³-hybridized carbons (Fsp3) is 0.500. The Morgan fingerprint density at radius 2 is 2.00 bits per heavy atom. The van der Waals surface area contributed by atoms with Gasteiger partial charge in [0.15, 0.2) is 10.4 Å². The van der Waals surface area contributed by atoms with Crippen molar-refractivity contribution in [3.8, 4) is 0 Å². The Morgan fingerprint density at radius 3 is 2.63 bits per heavy atom. The molecule has 146 valence electrons. The number of rotatable bonds is 6. The smallest absolute Gasteiger partial charge is 0.287 e. The molecule has 0 radical (unpaired) electrons. The van der Waals surface area contributed by atoms with Gasteiger partial charge in [-0.15, -0.1) is 0 Å². The van der Waals surface area contributed by atoms with Crippen molar-refractivity contribution in [2.45, 2.75) is 51.6 Å². The molecule has 3 rings (SSSR count). The zero-order valence-corrected chi connectivity index (χ0v) is 17.8. The van der Waals surface area contributed by atoms with Gasteiger partial charge in [-0.1, -0.05) is 43.7 Å². The lowest BCUT2D eigenvalue weighted by atomic mass is 9.68. The molecule has 1 amide bonds. The summed E-state index contributed by atoms with van der Waals surface area (Å²) in [7, 11) is 0. The second kappa shape index (κ2) is 8.61. The number of hydrogen-bond acceptors (Lipinski definition) is 3. The largest absolute Gasteiger partial charge is 0.444 e. The Kier molecular flexibility index (Phi) is 6.43. The van der Waals surface area contributed by atoms with Gasteiger partial charge in [-0.05, 0) is 65.7 Å². The highest BCUT2D eigenvalue weighted by Gasteiger charge is 2.39. The van der Waals surface area contributed by atoms with Gasteiger partial charge in [-0.2, -0.15) is 0 Å². The molecule has 1 saturated heterocycles. The van der Waals surface area contributed by atoms with Crippen molar-refractivity contribution in [3.05, 3.63) is 58.0 Å². The summed E-state index contributed by atoms with van der Waals surface area (Å²) in [6.07, 6.45) is 3.09. The molecule has 5 heteroatoms. The van der Waals surface area contributed by atoms with Gasteiger partial charge in [-0.25, -0.2) is 0 Å². The first-order valence-corrected chi connectivity index (χ1v) is 10.4. The van der Waals surface area contributed by atoms with Crippen LogP contribution in [0.1, 0.15) is 54.8 Å². The van der Waals surface area contributed by atoms with Gasteiger partial charge in [0.1, 0.15) is 0 Å². The summed E-state index contributed by atoms with van der Waals surface area (Å²) in [5.41, 5.74) is 2.63. The maximum Gasteiger partial charge on any atom is 0.287 e. The van der Waals surface area contributed by atoms with Crippen molar-refractivity contribution in [1.29, 1.82) is 0 Å². The molecular formula is C22H28BrNO3. The summed E-state index contributed by atoms with van der Waals surface area (Å²) in [6, 6.07) is 12.2. The standard InChI is InChI=1S/C22H28BrNO3/c1-15(2)19-14-22(11-13-26-19,17-6-4-16(3)5-7-17)10-12-24-21(25)18-8-9-20(23)27-18/h4-9,15,19H,10-14H2,1-3H3,(H,24,25). The zero-order chi connectivity index (χ0) is 19.4. The molecule has 2 unspecified atom stereocenters. The van der Waals surface area contributed by atoms with Crippen LogP contribution in [0.2, 0.25) is 0 Å². The topological polar surface area (TPSA) is 51.5 Å². The van der Waals surface area contributed by atoms with Gasteiger partial charge >= 0.3 is 0 Å². The highest BCUT2D eigenvalue weighted by Crippen LogP contribution is 2.41. The Labute approximate surface area is 169 Å². The minimum atomic E-state index is -0.174. The average molecular weight is 434 g/mol. The highest BCUT2D eigenvalue weighted by atomic mass is 79.9. The molecule has 2 atom stereocenters. The second-order valence-electron chi connectivity index (χ2n) is 7.86. The van der Waals surface area contributed by atoms with E-state index in [0.717, 1.165) is 25.9 Å². The van der Waals surface area contributed by atoms with Crippen LogP contribution in [0, 0.1) is 12.8 Å². The first-order valence-electron chi connectivity index (χ1n) is 9.62. The van der Waals surface area contributed by atoms with Crippen LogP contribution in [-0.4, -0.2) is 25.2 Å². The summed E-state index contributed by atoms with van der Waals surface area (Å²) in [5, 5.41) is 3.02. The predicted octanol–water partition coefficient (Wildman–Crippen LogP) is 5.24. The molecule has 1 aliphatic rings. The van der Waals surface area contributed by atoms with Crippen LogP contribution in [-0.2, 0) is 10.2 Å². The minimum Gasteiger partial charge on any atom is -0.444 e. The second-order valence-corrected chi connectivity index (χ2v) is 8.64. The van der Waals surface area contributed by atoms with E-state index in [1.54, 1.807) is 12.1 Å². The molecule has 2 aromatic rings. The molecule has 0 aliphatic carbocycles. The van der Waals surface area contributed by atoms with Crippen LogP contribution in [0.5, 0.6) is 0 Å². The molecule has 4 nitrogen and oxygen atoms in total. The summed E-state index contributed by atoms with van der Waals surface area (Å²) in [4.78, 5) is 12.3. The normalized spacial score (nSPS) is 22.8. The van der Waals surface area contributed by atoms with Crippen LogP contribution in [0.4, 0.5) is 0 Å². The van der Waals surface area contributed by atoms with Crippen molar-refractivity contribution >= 4 is 21.8 Å². The number of ether oxygens (including phenoxy) is 1. The third kappa shape index (κ3) is 4.82. The number of halogens is 1. The SMILES string of the molecule is Cc1ccc(C2(CCNC(=O)c3ccc(Br)o3)CCOC(C(C)C)C2)cc1. The molecule has 27 heavy (non-hydrogen) atoms. The summed E-state index contributed by atoms with van der Waals surface area (Å²) >= 11 is 3.24. The van der Waals surface area contributed by atoms with E-state index in [1.807, 2.05) is 0 Å². The number of furan rings is 1. The molecule has 1 aliphatic heterocycles. The maximum atomic E-state index is 12.3. The van der Waals surface area contributed by atoms with Crippen LogP contribution in [0.25, 0.3) is 0 Å². The van der Waals surface area contributed by atoms with Gasteiger partial charge < -0.3 is 14.5 Å². The van der Waals surface area contributed by atoms with E-state index in [-0.39, 0.29) is 17.4 Å². The third-order valence-corrected chi connectivity index (χ3v) is 6.02. The first-order chi connectivity index (χ1) is 12.9. The van der Waals surface area contributed by atoms with E-state index in [9.17, 15) is 4.79 Å². The van der Waals surface area contributed by atoms with Crippen LogP contribution >= 0.6 is 15.9 Å². The Bertz CT molecular complexity index is 768. The fourth-order valence-electron chi connectivity index (χ4n) is 3.86. The van der Waals surface area contributed by atoms with Crippen molar-refractivity contribution in [2.24, 2.45) is 5.92 Å². The number of aryl methyl sites for hydroxylation is 1. The zero-order valence-electron chi connectivity index (χ0n) is 16.3. The van der Waals surface area contributed by atoms with E-state index in [4.69, 9.17) is 9.15 Å². The maximum absolute atomic E-state index is 12.3. The van der Waals surface area contributed by atoms with E-state index in [1.165, 1.54) is 11.1 Å². The van der Waals surface area contributed by atoms with E-state index < -0.39 is 0 Å². The van der Waals surface area contributed by atoms with Gasteiger partial charge in [0.2, 0.25) is 0 Å². The van der Waals surface area contributed by atoms with Crippen molar-refractivity contribution < 1.29 is 13.9 Å². The number of nitrogens with one attached hydrogen (secondary N) is 1. The van der Waals surface area contributed by atoms with Gasteiger partial charge in [0.05, 0.1) is 6.10 Å². The van der Waals surface area contributed by atoms with E-state index in [0.29, 0.717) is 22.9 Å². The third-order valence-electron chi connectivity index (χ3n) is 5.60. The monoisotopic (exact) mass is 433 g/mol. The first kappa shape index (κ1) is 20.2. The summed E-state index contributed by atoms with van der Waals surface area (Å²) in [6.45, 7) is 7.91. The molecule has 2 heterocycles. The molecule has 1 aromatic carbocycles. The van der Waals surface area contributed by atoms with Crippen LogP contribution in [0.3, 0.4) is 0 Å². The molecular weight excluding hydrogens is 406 g/mol. The molecule has 1 fully saturated rings. The van der Waals surface area contributed by atoms with Gasteiger partial charge in [0.25, 0.3) is 5.91 Å². The fourth-order valence-corrected chi connectivity index (χ4v) is 4.17. The number of hydrogen-bond donors (Lipinski definition) is 1. The lowest BCUT2D eigenvalue weighted by Crippen LogP contribution is -2.43. The summed E-state index contributed by atoms with van der Waals surface area (Å²) in [5.74, 6) is 0.635. The molecule has 0 bridgehead atoms. The Balaban J connectivity index is 1.74. The highest BCUT2D eigenvalue weighted by molar-refractivity contribution is 9.10. The molecule has 1 N–H and O–H groups in total. The average Bonchev–Trinajstić information content (AvgIpc) is 3.09. The Hall–Kier alpha value is -1.59. The minimum absolute atomic E-state index is 0.0257. The lowest BCUT2D eigenvalue weighted by Gasteiger charge is -2.43. The number of carbonyl (C=O) groups is 1. The van der Waals surface area contributed by atoms with Crippen molar-refractivity contribution in [3.63, 3.8) is 0 Å². The van der Waals surface area contributed by atoms with Crippen molar-refractivity contribution in [1.82, 2.24) is 5.32 Å². The summed E-state index contributed by atoms with van der Waals surface area (Å²) < 4.78 is 11.9. The molecule has 0 saturated carbocycles. The lowest BCUT2D eigenvalue weighted by molar-refractivity contribution is -0.0468. The van der Waals surface area contributed by atoms with Crippen LogP contribution in [0.15, 0.2) is 45.5 Å². The number of carbonyl (C=O) groups excluding carboxylic acids is 1.